The normalized spacial score (nSPS) is 17.2. The van der Waals surface area contributed by atoms with E-state index in [0.29, 0.717) is 31.2 Å². The maximum atomic E-state index is 13.3. The van der Waals surface area contributed by atoms with Gasteiger partial charge in [-0.1, -0.05) is 11.6 Å². The molecule has 2 N–H and O–H groups in total. The fourth-order valence-electron chi connectivity index (χ4n) is 2.21. The van der Waals surface area contributed by atoms with E-state index in [2.05, 4.69) is 5.32 Å². The molecule has 1 atom stereocenters. The fraction of sp³-hybridized carbons (Fsp3) is 0.500. The number of phenolic OH excluding ortho intramolecular Hbond substituents is 1. The second-order valence-corrected chi connectivity index (χ2v) is 4.70. The molecule has 0 bridgehead atoms. The van der Waals surface area contributed by atoms with E-state index >= 15 is 0 Å². The van der Waals surface area contributed by atoms with Crippen molar-refractivity contribution in [3.8, 4) is 5.75 Å². The van der Waals surface area contributed by atoms with Gasteiger partial charge in [-0.15, -0.1) is 24.8 Å². The first kappa shape index (κ1) is 19.7. The number of benzene rings is 1. The molecular weight excluding hydrogens is 333 g/mol. The highest BCUT2D eigenvalue weighted by molar-refractivity contribution is 6.30. The van der Waals surface area contributed by atoms with Crippen LogP contribution in [0.25, 0.3) is 0 Å². The molecule has 0 amide bonds. The lowest BCUT2D eigenvalue weighted by Crippen LogP contribution is -2.46. The minimum absolute atomic E-state index is 0. The van der Waals surface area contributed by atoms with Crippen LogP contribution >= 0.6 is 36.4 Å². The third kappa shape index (κ3) is 4.60. The van der Waals surface area contributed by atoms with Gasteiger partial charge >= 0.3 is 0 Å². The van der Waals surface area contributed by atoms with Gasteiger partial charge in [0.25, 0.3) is 6.43 Å². The van der Waals surface area contributed by atoms with Gasteiger partial charge in [0.05, 0.1) is 0 Å². The Morgan fingerprint density at radius 1 is 1.20 bits per heavy atom. The van der Waals surface area contributed by atoms with Gasteiger partial charge in [0.15, 0.2) is 0 Å². The van der Waals surface area contributed by atoms with Crippen LogP contribution in [0.1, 0.15) is 11.6 Å². The highest BCUT2D eigenvalue weighted by atomic mass is 35.5. The molecule has 1 aromatic carbocycles. The zero-order valence-electron chi connectivity index (χ0n) is 10.6. The molecule has 1 aliphatic rings. The highest BCUT2D eigenvalue weighted by Gasteiger charge is 2.32. The van der Waals surface area contributed by atoms with Gasteiger partial charge in [-0.2, -0.15) is 0 Å². The van der Waals surface area contributed by atoms with Gasteiger partial charge in [0.2, 0.25) is 0 Å². The van der Waals surface area contributed by atoms with E-state index in [4.69, 9.17) is 11.6 Å². The molecule has 0 aliphatic carbocycles. The quantitative estimate of drug-likeness (QED) is 0.880. The van der Waals surface area contributed by atoms with E-state index < -0.39 is 12.5 Å². The van der Waals surface area contributed by atoms with Crippen molar-refractivity contribution >= 4 is 36.4 Å². The molecule has 0 aromatic heterocycles. The van der Waals surface area contributed by atoms with Crippen molar-refractivity contribution in [2.45, 2.75) is 12.5 Å². The van der Waals surface area contributed by atoms with Crippen LogP contribution in [0.4, 0.5) is 8.78 Å². The van der Waals surface area contributed by atoms with E-state index in [1.54, 1.807) is 4.90 Å². The zero-order valence-corrected chi connectivity index (χ0v) is 12.9. The predicted molar refractivity (Wildman–Crippen MR) is 80.8 cm³/mol. The fourth-order valence-corrected chi connectivity index (χ4v) is 2.39. The number of phenols is 1. The van der Waals surface area contributed by atoms with E-state index in [-0.39, 0.29) is 36.1 Å². The standard InChI is InChI=1S/C12H15ClF2N2O.2ClH/c13-8-1-2-10(18)9(7-8)11(12(14)15)17-5-3-16-4-6-17;;/h1-2,7,11-12,16,18H,3-6H2;2*1H/t11-;;/m1../s1. The van der Waals surface area contributed by atoms with Crippen LogP contribution in [0.2, 0.25) is 5.02 Å². The Morgan fingerprint density at radius 3 is 2.35 bits per heavy atom. The lowest BCUT2D eigenvalue weighted by molar-refractivity contribution is 0.0170. The van der Waals surface area contributed by atoms with Crippen LogP contribution in [0, 0.1) is 0 Å². The topological polar surface area (TPSA) is 35.5 Å². The van der Waals surface area contributed by atoms with Crippen molar-refractivity contribution in [1.82, 2.24) is 10.2 Å². The Labute approximate surface area is 134 Å². The first-order chi connectivity index (χ1) is 8.59. The summed E-state index contributed by atoms with van der Waals surface area (Å²) in [6.45, 7) is 2.40. The number of rotatable bonds is 3. The van der Waals surface area contributed by atoms with Crippen LogP contribution in [0.5, 0.6) is 5.75 Å². The van der Waals surface area contributed by atoms with Crippen molar-refractivity contribution in [1.29, 1.82) is 0 Å². The number of piperazine rings is 1. The van der Waals surface area contributed by atoms with Gasteiger partial charge in [-0.3, -0.25) is 4.90 Å². The molecule has 3 nitrogen and oxygen atoms in total. The second kappa shape index (κ2) is 8.85. The minimum Gasteiger partial charge on any atom is -0.508 e. The second-order valence-electron chi connectivity index (χ2n) is 4.27. The minimum atomic E-state index is -2.56. The van der Waals surface area contributed by atoms with Crippen molar-refractivity contribution in [2.75, 3.05) is 26.2 Å². The van der Waals surface area contributed by atoms with Crippen LogP contribution in [-0.2, 0) is 0 Å². The molecule has 0 spiro atoms. The molecule has 8 heteroatoms. The van der Waals surface area contributed by atoms with Gasteiger partial charge in [0.1, 0.15) is 11.8 Å². The third-order valence-electron chi connectivity index (χ3n) is 3.09. The van der Waals surface area contributed by atoms with Gasteiger partial charge in [-0.25, -0.2) is 8.78 Å². The molecule has 1 aliphatic heterocycles. The number of alkyl halides is 2. The predicted octanol–water partition coefficient (Wildman–Crippen LogP) is 3.10. The van der Waals surface area contributed by atoms with Crippen molar-refractivity contribution in [3.05, 3.63) is 28.8 Å². The summed E-state index contributed by atoms with van der Waals surface area (Å²) in [5.74, 6) is -0.136. The maximum Gasteiger partial charge on any atom is 0.258 e. The van der Waals surface area contributed by atoms with Crippen molar-refractivity contribution < 1.29 is 13.9 Å². The summed E-state index contributed by atoms with van der Waals surface area (Å²) in [6, 6.07) is 3.15. The lowest BCUT2D eigenvalue weighted by atomic mass is 10.0. The molecule has 1 heterocycles. The monoisotopic (exact) mass is 348 g/mol. The summed E-state index contributed by atoms with van der Waals surface area (Å²) in [5.41, 5.74) is 0.194. The SMILES string of the molecule is Cl.Cl.Oc1ccc(Cl)cc1[C@H](C(F)F)N1CCNCC1. The summed E-state index contributed by atoms with van der Waals surface area (Å²) in [6.07, 6.45) is -2.56. The molecule has 1 saturated heterocycles. The van der Waals surface area contributed by atoms with Crippen molar-refractivity contribution in [3.63, 3.8) is 0 Å². The average Bonchev–Trinajstić information content (AvgIpc) is 2.35. The summed E-state index contributed by atoms with van der Waals surface area (Å²) < 4.78 is 26.5. The van der Waals surface area contributed by atoms with Crippen LogP contribution in [0.15, 0.2) is 18.2 Å². The maximum absolute atomic E-state index is 13.3. The molecule has 1 aromatic rings. The average molecular weight is 350 g/mol. The molecule has 1 fully saturated rings. The van der Waals surface area contributed by atoms with E-state index in [0.717, 1.165) is 0 Å². The van der Waals surface area contributed by atoms with Crippen LogP contribution < -0.4 is 5.32 Å². The summed E-state index contributed by atoms with van der Waals surface area (Å²) in [4.78, 5) is 1.67. The first-order valence-corrected chi connectivity index (χ1v) is 6.18. The van der Waals surface area contributed by atoms with Crippen LogP contribution in [0.3, 0.4) is 0 Å². The Bertz CT molecular complexity index is 418. The van der Waals surface area contributed by atoms with Crippen LogP contribution in [-0.4, -0.2) is 42.6 Å². The smallest absolute Gasteiger partial charge is 0.258 e. The van der Waals surface area contributed by atoms with Gasteiger partial charge < -0.3 is 10.4 Å². The number of aromatic hydroxyl groups is 1. The molecular formula is C12H17Cl3F2N2O. The van der Waals surface area contributed by atoms with Crippen molar-refractivity contribution in [2.24, 2.45) is 0 Å². The number of nitrogens with one attached hydrogen (secondary N) is 1. The third-order valence-corrected chi connectivity index (χ3v) is 3.33. The van der Waals surface area contributed by atoms with E-state index in [1.807, 2.05) is 0 Å². The number of hydrogen-bond acceptors (Lipinski definition) is 3. The Kier molecular flexibility index (Phi) is 8.70. The molecule has 0 saturated carbocycles. The summed E-state index contributed by atoms with van der Waals surface area (Å²) in [5, 5.41) is 13.2. The highest BCUT2D eigenvalue weighted by Crippen LogP contribution is 2.35. The Morgan fingerprint density at radius 2 is 1.80 bits per heavy atom. The molecule has 20 heavy (non-hydrogen) atoms. The van der Waals surface area contributed by atoms with Gasteiger partial charge in [-0.05, 0) is 18.2 Å². The van der Waals surface area contributed by atoms with E-state index in [9.17, 15) is 13.9 Å². The number of halogens is 5. The van der Waals surface area contributed by atoms with Gasteiger partial charge in [0, 0.05) is 36.8 Å². The summed E-state index contributed by atoms with van der Waals surface area (Å²) >= 11 is 5.82. The lowest BCUT2D eigenvalue weighted by Gasteiger charge is -2.34. The molecule has 116 valence electrons. The number of nitrogens with zero attached hydrogens (tertiary/aromatic N) is 1. The van der Waals surface area contributed by atoms with E-state index in [1.165, 1.54) is 18.2 Å². The molecule has 2 rings (SSSR count). The zero-order chi connectivity index (χ0) is 13.1. The number of hydrogen-bond donors (Lipinski definition) is 2. The first-order valence-electron chi connectivity index (χ1n) is 5.81. The Balaban J connectivity index is 0.00000180. The largest absolute Gasteiger partial charge is 0.508 e. The summed E-state index contributed by atoms with van der Waals surface area (Å²) in [7, 11) is 0. The Hall–Kier alpha value is -0.330. The molecule has 0 unspecified atom stereocenters. The molecule has 0 radical (unpaired) electrons.